The fourth-order valence-corrected chi connectivity index (χ4v) is 2.47. The summed E-state index contributed by atoms with van der Waals surface area (Å²) in [6.07, 6.45) is 1.73. The Labute approximate surface area is 144 Å². The lowest BCUT2D eigenvalue weighted by Crippen LogP contribution is -2.07. The van der Waals surface area contributed by atoms with Gasteiger partial charge < -0.3 is 9.47 Å². The summed E-state index contributed by atoms with van der Waals surface area (Å²) in [6, 6.07) is 10.8. The van der Waals surface area contributed by atoms with Gasteiger partial charge in [0, 0.05) is 29.1 Å². The Balaban J connectivity index is 1.83. The monoisotopic (exact) mass is 344 g/mol. The Morgan fingerprint density at radius 3 is 2.56 bits per heavy atom. The van der Waals surface area contributed by atoms with E-state index in [4.69, 9.17) is 9.47 Å². The van der Waals surface area contributed by atoms with Gasteiger partial charge in [-0.1, -0.05) is 0 Å². The summed E-state index contributed by atoms with van der Waals surface area (Å²) >= 11 is 0. The summed E-state index contributed by atoms with van der Waals surface area (Å²) in [5.41, 5.74) is 2.16. The van der Waals surface area contributed by atoms with Gasteiger partial charge in [-0.25, -0.2) is 8.78 Å². The highest BCUT2D eigenvalue weighted by molar-refractivity contribution is 5.40. The van der Waals surface area contributed by atoms with Gasteiger partial charge in [0.25, 0.3) is 0 Å². The molecule has 0 bridgehead atoms. The SMILES string of the molecule is COc1ccc(OCc2ccc(F)cc2F)c(Cn2nccc2C)c1. The lowest BCUT2D eigenvalue weighted by Gasteiger charge is -2.14. The highest BCUT2D eigenvalue weighted by Gasteiger charge is 2.11. The molecule has 0 unspecified atom stereocenters. The minimum Gasteiger partial charge on any atom is -0.497 e. The number of nitrogens with zero attached hydrogens (tertiary/aromatic N) is 2. The van der Waals surface area contributed by atoms with Crippen molar-refractivity contribution < 1.29 is 18.3 Å². The number of rotatable bonds is 6. The van der Waals surface area contributed by atoms with Crippen LogP contribution in [0.2, 0.25) is 0 Å². The van der Waals surface area contributed by atoms with E-state index >= 15 is 0 Å². The average Bonchev–Trinajstić information content (AvgIpc) is 3.00. The quantitative estimate of drug-likeness (QED) is 0.675. The first kappa shape index (κ1) is 17.0. The topological polar surface area (TPSA) is 36.3 Å². The Bertz CT molecular complexity index is 878. The third-order valence-electron chi connectivity index (χ3n) is 3.91. The van der Waals surface area contributed by atoms with E-state index in [2.05, 4.69) is 5.10 Å². The molecule has 0 aliphatic carbocycles. The molecule has 0 aliphatic rings. The molecule has 0 atom stereocenters. The minimum atomic E-state index is -0.627. The molecule has 130 valence electrons. The number of ether oxygens (including phenoxy) is 2. The zero-order valence-electron chi connectivity index (χ0n) is 14.0. The average molecular weight is 344 g/mol. The Kier molecular flexibility index (Phi) is 4.97. The van der Waals surface area contributed by atoms with Gasteiger partial charge in [0.2, 0.25) is 0 Å². The first-order valence-corrected chi connectivity index (χ1v) is 7.79. The first-order valence-electron chi connectivity index (χ1n) is 7.79. The zero-order valence-corrected chi connectivity index (χ0v) is 14.0. The minimum absolute atomic E-state index is 0.00350. The normalized spacial score (nSPS) is 10.7. The molecule has 1 aromatic heterocycles. The maximum Gasteiger partial charge on any atom is 0.132 e. The maximum atomic E-state index is 13.8. The lowest BCUT2D eigenvalue weighted by molar-refractivity contribution is 0.294. The van der Waals surface area contributed by atoms with Gasteiger partial charge in [-0.15, -0.1) is 0 Å². The van der Waals surface area contributed by atoms with Crippen molar-refractivity contribution in [1.82, 2.24) is 9.78 Å². The third kappa shape index (κ3) is 3.96. The van der Waals surface area contributed by atoms with Crippen LogP contribution < -0.4 is 9.47 Å². The number of benzene rings is 2. The van der Waals surface area contributed by atoms with Crippen LogP contribution in [0.25, 0.3) is 0 Å². The van der Waals surface area contributed by atoms with Crippen LogP contribution in [0.1, 0.15) is 16.8 Å². The molecule has 0 fully saturated rings. The molecular weight excluding hydrogens is 326 g/mol. The molecule has 0 spiro atoms. The predicted molar refractivity (Wildman–Crippen MR) is 89.8 cm³/mol. The fourth-order valence-electron chi connectivity index (χ4n) is 2.47. The van der Waals surface area contributed by atoms with E-state index in [1.807, 2.05) is 23.7 Å². The van der Waals surface area contributed by atoms with Crippen LogP contribution in [-0.2, 0) is 13.2 Å². The van der Waals surface area contributed by atoms with Crippen LogP contribution in [0, 0.1) is 18.6 Å². The van der Waals surface area contributed by atoms with Gasteiger partial charge in [0.1, 0.15) is 29.7 Å². The van der Waals surface area contributed by atoms with Crippen molar-refractivity contribution in [3.05, 3.63) is 77.1 Å². The largest absolute Gasteiger partial charge is 0.497 e. The molecule has 0 saturated carbocycles. The van der Waals surface area contributed by atoms with Crippen molar-refractivity contribution in [2.75, 3.05) is 7.11 Å². The van der Waals surface area contributed by atoms with Crippen molar-refractivity contribution in [1.29, 1.82) is 0 Å². The smallest absolute Gasteiger partial charge is 0.132 e. The van der Waals surface area contributed by atoms with Crippen molar-refractivity contribution >= 4 is 0 Å². The highest BCUT2D eigenvalue weighted by atomic mass is 19.1. The summed E-state index contributed by atoms with van der Waals surface area (Å²) in [5, 5.41) is 4.27. The summed E-state index contributed by atoms with van der Waals surface area (Å²) in [6.45, 7) is 2.46. The third-order valence-corrected chi connectivity index (χ3v) is 3.91. The number of aromatic nitrogens is 2. The molecule has 3 aromatic rings. The maximum absolute atomic E-state index is 13.8. The van der Waals surface area contributed by atoms with Crippen molar-refractivity contribution in [3.63, 3.8) is 0 Å². The summed E-state index contributed by atoms with van der Waals surface area (Å²) in [5.74, 6) is 0.0538. The number of halogens is 2. The second kappa shape index (κ2) is 7.34. The van der Waals surface area contributed by atoms with Gasteiger partial charge in [0.05, 0.1) is 13.7 Å². The van der Waals surface area contributed by atoms with Gasteiger partial charge in [-0.05, 0) is 43.3 Å². The first-order chi connectivity index (χ1) is 12.1. The zero-order chi connectivity index (χ0) is 17.8. The van der Waals surface area contributed by atoms with E-state index < -0.39 is 11.6 Å². The van der Waals surface area contributed by atoms with Gasteiger partial charge in [-0.2, -0.15) is 5.10 Å². The van der Waals surface area contributed by atoms with Gasteiger partial charge in [-0.3, -0.25) is 4.68 Å². The van der Waals surface area contributed by atoms with E-state index in [0.29, 0.717) is 23.6 Å². The van der Waals surface area contributed by atoms with Crippen LogP contribution in [0.4, 0.5) is 8.78 Å². The molecule has 0 N–H and O–H groups in total. The molecule has 0 aliphatic heterocycles. The summed E-state index contributed by atoms with van der Waals surface area (Å²) in [7, 11) is 1.59. The second-order valence-corrected chi connectivity index (χ2v) is 5.63. The van der Waals surface area contributed by atoms with Crippen LogP contribution in [0.15, 0.2) is 48.7 Å². The molecule has 0 amide bonds. The van der Waals surface area contributed by atoms with E-state index in [9.17, 15) is 8.78 Å². The van der Waals surface area contributed by atoms with Crippen molar-refractivity contribution in [2.24, 2.45) is 0 Å². The van der Waals surface area contributed by atoms with Crippen molar-refractivity contribution in [3.8, 4) is 11.5 Å². The highest BCUT2D eigenvalue weighted by Crippen LogP contribution is 2.26. The molecule has 2 aromatic carbocycles. The van der Waals surface area contributed by atoms with Crippen molar-refractivity contribution in [2.45, 2.75) is 20.1 Å². The second-order valence-electron chi connectivity index (χ2n) is 5.63. The number of hydrogen-bond donors (Lipinski definition) is 0. The number of aryl methyl sites for hydroxylation is 1. The summed E-state index contributed by atoms with van der Waals surface area (Å²) < 4.78 is 39.7. The molecule has 0 radical (unpaired) electrons. The Morgan fingerprint density at radius 2 is 1.88 bits per heavy atom. The van der Waals surface area contributed by atoms with E-state index in [1.165, 1.54) is 12.1 Å². The molecule has 0 saturated heterocycles. The van der Waals surface area contributed by atoms with Gasteiger partial charge in [0.15, 0.2) is 0 Å². The van der Waals surface area contributed by atoms with Gasteiger partial charge >= 0.3 is 0 Å². The van der Waals surface area contributed by atoms with E-state index in [0.717, 1.165) is 17.3 Å². The fraction of sp³-hybridized carbons (Fsp3) is 0.211. The Hall–Kier alpha value is -2.89. The standard InChI is InChI=1S/C19H18F2N2O2/c1-13-7-8-22-23(13)11-15-9-17(24-2)5-6-19(15)25-12-14-3-4-16(20)10-18(14)21/h3-10H,11-12H2,1-2H3. The molecule has 4 nitrogen and oxygen atoms in total. The van der Waals surface area contributed by atoms with Crippen LogP contribution >= 0.6 is 0 Å². The molecule has 6 heteroatoms. The summed E-state index contributed by atoms with van der Waals surface area (Å²) in [4.78, 5) is 0. The van der Waals surface area contributed by atoms with E-state index in [1.54, 1.807) is 25.4 Å². The lowest BCUT2D eigenvalue weighted by atomic mass is 10.1. The van der Waals surface area contributed by atoms with Crippen LogP contribution in [0.5, 0.6) is 11.5 Å². The Morgan fingerprint density at radius 1 is 1.04 bits per heavy atom. The molecule has 25 heavy (non-hydrogen) atoms. The number of methoxy groups -OCH3 is 1. The van der Waals surface area contributed by atoms with Crippen LogP contribution in [-0.4, -0.2) is 16.9 Å². The predicted octanol–water partition coefficient (Wildman–Crippen LogP) is 4.11. The number of hydrogen-bond acceptors (Lipinski definition) is 3. The molecule has 1 heterocycles. The van der Waals surface area contributed by atoms with Crippen LogP contribution in [0.3, 0.4) is 0 Å². The molecule has 3 rings (SSSR count). The molecular formula is C19H18F2N2O2. The van der Waals surface area contributed by atoms with E-state index in [-0.39, 0.29) is 6.61 Å².